The fourth-order valence-corrected chi connectivity index (χ4v) is 2.44. The minimum Gasteiger partial charge on any atom is -0.462 e. The monoisotopic (exact) mass is 242 g/mol. The van der Waals surface area contributed by atoms with Crippen molar-refractivity contribution < 1.29 is 14.3 Å². The van der Waals surface area contributed by atoms with Gasteiger partial charge in [-0.25, -0.2) is 0 Å². The number of esters is 1. The third-order valence-corrected chi connectivity index (χ3v) is 3.20. The lowest BCUT2D eigenvalue weighted by atomic mass is 9.91. The molecule has 1 aliphatic heterocycles. The molecule has 1 heterocycles. The van der Waals surface area contributed by atoms with Crippen LogP contribution in [0.5, 0.6) is 0 Å². The zero-order valence-electron chi connectivity index (χ0n) is 11.7. The van der Waals surface area contributed by atoms with E-state index in [-0.39, 0.29) is 24.3 Å². The van der Waals surface area contributed by atoms with E-state index in [1.807, 2.05) is 0 Å². The molecule has 17 heavy (non-hydrogen) atoms. The Morgan fingerprint density at radius 3 is 2.41 bits per heavy atom. The molecule has 0 spiro atoms. The van der Waals surface area contributed by atoms with Crippen molar-refractivity contribution in [1.82, 2.24) is 0 Å². The topological polar surface area (TPSA) is 35.5 Å². The number of carbonyl (C=O) groups excluding carboxylic acids is 1. The minimum atomic E-state index is -0.178. The number of ether oxygens (including phenoxy) is 2. The maximum absolute atomic E-state index is 11.1. The van der Waals surface area contributed by atoms with Crippen LogP contribution in [-0.4, -0.2) is 24.3 Å². The molecule has 0 aromatic rings. The maximum Gasteiger partial charge on any atom is 0.302 e. The quantitative estimate of drug-likeness (QED) is 0.710. The Kier molecular flexibility index (Phi) is 5.44. The molecular weight excluding hydrogens is 216 g/mol. The molecule has 0 aromatic heterocycles. The van der Waals surface area contributed by atoms with Crippen LogP contribution in [0.3, 0.4) is 0 Å². The van der Waals surface area contributed by atoms with Crippen molar-refractivity contribution in [2.45, 2.75) is 72.2 Å². The minimum absolute atomic E-state index is 0.0393. The van der Waals surface area contributed by atoms with Gasteiger partial charge in [0.2, 0.25) is 0 Å². The Morgan fingerprint density at radius 1 is 1.29 bits per heavy atom. The lowest BCUT2D eigenvalue weighted by molar-refractivity contribution is -0.163. The van der Waals surface area contributed by atoms with Gasteiger partial charge in [0, 0.05) is 19.8 Å². The average Bonchev–Trinajstić information content (AvgIpc) is 2.14. The summed E-state index contributed by atoms with van der Waals surface area (Å²) in [5.41, 5.74) is 0. The van der Waals surface area contributed by atoms with Crippen molar-refractivity contribution in [3.8, 4) is 0 Å². The SMILES string of the molecule is CC(=O)OC1CC(CC(C)C)OC(C(C)C)C1. The molecule has 3 heteroatoms. The Labute approximate surface area is 105 Å². The number of carbonyl (C=O) groups is 1. The fraction of sp³-hybridized carbons (Fsp3) is 0.929. The van der Waals surface area contributed by atoms with Crippen LogP contribution in [0.25, 0.3) is 0 Å². The highest BCUT2D eigenvalue weighted by Crippen LogP contribution is 2.29. The summed E-state index contributed by atoms with van der Waals surface area (Å²) in [5, 5.41) is 0. The largest absolute Gasteiger partial charge is 0.462 e. The van der Waals surface area contributed by atoms with E-state index in [1.54, 1.807) is 0 Å². The van der Waals surface area contributed by atoms with E-state index in [0.29, 0.717) is 11.8 Å². The molecule has 1 aliphatic rings. The second-order valence-electron chi connectivity index (χ2n) is 5.87. The first kappa shape index (κ1) is 14.5. The molecule has 1 saturated heterocycles. The molecule has 3 unspecified atom stereocenters. The molecule has 0 radical (unpaired) electrons. The van der Waals surface area contributed by atoms with Crippen LogP contribution in [0, 0.1) is 11.8 Å². The smallest absolute Gasteiger partial charge is 0.302 e. The summed E-state index contributed by atoms with van der Waals surface area (Å²) in [6.07, 6.45) is 3.23. The zero-order valence-corrected chi connectivity index (χ0v) is 11.7. The van der Waals surface area contributed by atoms with Crippen LogP contribution in [0.1, 0.15) is 53.9 Å². The van der Waals surface area contributed by atoms with E-state index in [1.165, 1.54) is 6.92 Å². The van der Waals surface area contributed by atoms with Crippen molar-refractivity contribution in [2.75, 3.05) is 0 Å². The molecule has 0 saturated carbocycles. The molecule has 0 aromatic carbocycles. The summed E-state index contributed by atoms with van der Waals surface area (Å²) < 4.78 is 11.4. The summed E-state index contributed by atoms with van der Waals surface area (Å²) in [7, 11) is 0. The van der Waals surface area contributed by atoms with Gasteiger partial charge < -0.3 is 9.47 Å². The van der Waals surface area contributed by atoms with Gasteiger partial charge in [0.15, 0.2) is 0 Å². The second kappa shape index (κ2) is 6.39. The average molecular weight is 242 g/mol. The summed E-state index contributed by atoms with van der Waals surface area (Å²) in [4.78, 5) is 11.1. The van der Waals surface area contributed by atoms with E-state index in [4.69, 9.17) is 9.47 Å². The molecule has 0 N–H and O–H groups in total. The van der Waals surface area contributed by atoms with Crippen LogP contribution in [0.2, 0.25) is 0 Å². The molecular formula is C14H26O3. The Morgan fingerprint density at radius 2 is 1.94 bits per heavy atom. The van der Waals surface area contributed by atoms with Crippen LogP contribution in [-0.2, 0) is 14.3 Å². The van der Waals surface area contributed by atoms with E-state index in [9.17, 15) is 4.79 Å². The van der Waals surface area contributed by atoms with Crippen molar-refractivity contribution in [2.24, 2.45) is 11.8 Å². The number of hydrogen-bond acceptors (Lipinski definition) is 3. The molecule has 1 fully saturated rings. The van der Waals surface area contributed by atoms with Gasteiger partial charge in [-0.2, -0.15) is 0 Å². The Balaban J connectivity index is 2.58. The first-order valence-corrected chi connectivity index (χ1v) is 6.71. The van der Waals surface area contributed by atoms with Gasteiger partial charge in [-0.15, -0.1) is 0 Å². The van der Waals surface area contributed by atoms with Gasteiger partial charge in [-0.1, -0.05) is 27.7 Å². The highest BCUT2D eigenvalue weighted by atomic mass is 16.6. The van der Waals surface area contributed by atoms with E-state index in [0.717, 1.165) is 19.3 Å². The van der Waals surface area contributed by atoms with E-state index >= 15 is 0 Å². The third kappa shape index (κ3) is 5.07. The van der Waals surface area contributed by atoms with Gasteiger partial charge in [-0.3, -0.25) is 4.79 Å². The van der Waals surface area contributed by atoms with Crippen LogP contribution >= 0.6 is 0 Å². The first-order valence-electron chi connectivity index (χ1n) is 6.71. The fourth-order valence-electron chi connectivity index (χ4n) is 2.44. The van der Waals surface area contributed by atoms with Crippen LogP contribution < -0.4 is 0 Å². The Bertz CT molecular complexity index is 248. The van der Waals surface area contributed by atoms with Crippen LogP contribution in [0.15, 0.2) is 0 Å². The van der Waals surface area contributed by atoms with Crippen molar-refractivity contribution in [1.29, 1.82) is 0 Å². The van der Waals surface area contributed by atoms with Crippen molar-refractivity contribution in [3.63, 3.8) is 0 Å². The van der Waals surface area contributed by atoms with Gasteiger partial charge in [0.1, 0.15) is 6.10 Å². The molecule has 3 atom stereocenters. The predicted molar refractivity (Wildman–Crippen MR) is 67.7 cm³/mol. The van der Waals surface area contributed by atoms with Gasteiger partial charge >= 0.3 is 5.97 Å². The standard InChI is InChI=1S/C14H26O3/c1-9(2)6-12-7-13(16-11(5)15)8-14(17-12)10(3)4/h9-10,12-14H,6-8H2,1-5H3. The highest BCUT2D eigenvalue weighted by molar-refractivity contribution is 5.66. The summed E-state index contributed by atoms with van der Waals surface area (Å²) in [5.74, 6) is 0.912. The number of hydrogen-bond donors (Lipinski definition) is 0. The van der Waals surface area contributed by atoms with Crippen molar-refractivity contribution >= 4 is 5.97 Å². The Hall–Kier alpha value is -0.570. The van der Waals surface area contributed by atoms with Crippen molar-refractivity contribution in [3.05, 3.63) is 0 Å². The molecule has 0 amide bonds. The lowest BCUT2D eigenvalue weighted by Crippen LogP contribution is -2.40. The molecule has 0 aliphatic carbocycles. The van der Waals surface area contributed by atoms with Gasteiger partial charge in [0.25, 0.3) is 0 Å². The van der Waals surface area contributed by atoms with E-state index in [2.05, 4.69) is 27.7 Å². The molecule has 3 nitrogen and oxygen atoms in total. The summed E-state index contributed by atoms with van der Waals surface area (Å²) in [6, 6.07) is 0. The maximum atomic E-state index is 11.1. The van der Waals surface area contributed by atoms with Gasteiger partial charge in [-0.05, 0) is 18.3 Å². The van der Waals surface area contributed by atoms with Crippen LogP contribution in [0.4, 0.5) is 0 Å². The zero-order chi connectivity index (χ0) is 13.0. The first-order chi connectivity index (χ1) is 7.88. The number of rotatable bonds is 4. The lowest BCUT2D eigenvalue weighted by Gasteiger charge is -2.37. The summed E-state index contributed by atoms with van der Waals surface area (Å²) >= 11 is 0. The molecule has 0 bridgehead atoms. The van der Waals surface area contributed by atoms with Gasteiger partial charge in [0.05, 0.1) is 12.2 Å². The normalized spacial score (nSPS) is 29.7. The second-order valence-corrected chi connectivity index (χ2v) is 5.87. The predicted octanol–water partition coefficient (Wildman–Crippen LogP) is 3.17. The summed E-state index contributed by atoms with van der Waals surface area (Å²) in [6.45, 7) is 10.2. The highest BCUT2D eigenvalue weighted by Gasteiger charge is 2.32. The third-order valence-electron chi connectivity index (χ3n) is 3.20. The molecule has 100 valence electrons. The molecule has 1 rings (SSSR count). The van der Waals surface area contributed by atoms with E-state index < -0.39 is 0 Å².